The van der Waals surface area contributed by atoms with Gasteiger partial charge >= 0.3 is 0 Å². The lowest BCUT2D eigenvalue weighted by Crippen LogP contribution is -2.23. The Balaban J connectivity index is 1.84. The molecule has 192 valence electrons. The number of nitrogens with one attached hydrogen (secondary N) is 2. The molecule has 0 fully saturated rings. The minimum absolute atomic E-state index is 0.135. The van der Waals surface area contributed by atoms with Gasteiger partial charge in [-0.25, -0.2) is 5.48 Å². The van der Waals surface area contributed by atoms with E-state index < -0.39 is 5.91 Å². The normalized spacial score (nSPS) is 11.7. The van der Waals surface area contributed by atoms with Crippen molar-refractivity contribution in [3.8, 4) is 0 Å². The number of hydrogen-bond acceptors (Lipinski definition) is 4. The number of hydroxylamine groups is 1. The molecule has 36 heavy (non-hydrogen) atoms. The summed E-state index contributed by atoms with van der Waals surface area (Å²) in [6.07, 6.45) is 11.2. The molecule has 3 N–H and O–H groups in total. The number of carbonyl (C=O) groups excluding carboxylic acids is 2. The summed E-state index contributed by atoms with van der Waals surface area (Å²) in [4.78, 5) is 25.2. The molecular formula is C30H38N2O3S. The second-order valence-corrected chi connectivity index (χ2v) is 10.1. The molecule has 0 saturated heterocycles. The molecular weight excluding hydrogens is 468 g/mol. The van der Waals surface area contributed by atoms with E-state index >= 15 is 0 Å². The highest BCUT2D eigenvalue weighted by molar-refractivity contribution is 7.99. The SMILES string of the molecule is CC(C)=CCCC(C)=CCCC(C)=CCSc1ccccc1C(=O)NCc1ccc(C(=O)NO)cc1. The summed E-state index contributed by atoms with van der Waals surface area (Å²) in [6, 6.07) is 14.3. The summed E-state index contributed by atoms with van der Waals surface area (Å²) in [5.74, 6) is 0.112. The van der Waals surface area contributed by atoms with Gasteiger partial charge in [0.05, 0.1) is 5.56 Å². The highest BCUT2D eigenvalue weighted by atomic mass is 32.2. The Bertz CT molecular complexity index is 1100. The van der Waals surface area contributed by atoms with E-state index in [0.717, 1.165) is 41.9 Å². The smallest absolute Gasteiger partial charge is 0.274 e. The van der Waals surface area contributed by atoms with Gasteiger partial charge in [0.2, 0.25) is 0 Å². The van der Waals surface area contributed by atoms with Crippen LogP contribution in [0.15, 0.2) is 88.4 Å². The summed E-state index contributed by atoms with van der Waals surface area (Å²) in [5, 5.41) is 11.7. The van der Waals surface area contributed by atoms with Gasteiger partial charge in [0, 0.05) is 22.8 Å². The van der Waals surface area contributed by atoms with Crippen LogP contribution in [0.3, 0.4) is 0 Å². The number of rotatable bonds is 13. The van der Waals surface area contributed by atoms with Crippen molar-refractivity contribution in [3.05, 3.63) is 100 Å². The average molecular weight is 507 g/mol. The van der Waals surface area contributed by atoms with E-state index in [0.29, 0.717) is 17.7 Å². The number of carbonyl (C=O) groups is 2. The van der Waals surface area contributed by atoms with E-state index in [4.69, 9.17) is 5.21 Å². The van der Waals surface area contributed by atoms with Crippen molar-refractivity contribution >= 4 is 23.6 Å². The fraction of sp³-hybridized carbons (Fsp3) is 0.333. The van der Waals surface area contributed by atoms with Gasteiger partial charge in [0.15, 0.2) is 0 Å². The number of allylic oxidation sites excluding steroid dienone is 5. The van der Waals surface area contributed by atoms with E-state index in [2.05, 4.69) is 51.2 Å². The predicted molar refractivity (Wildman–Crippen MR) is 149 cm³/mol. The van der Waals surface area contributed by atoms with Crippen LogP contribution in [0.2, 0.25) is 0 Å². The van der Waals surface area contributed by atoms with Gasteiger partial charge in [0.25, 0.3) is 11.8 Å². The number of benzene rings is 2. The van der Waals surface area contributed by atoms with Crippen LogP contribution in [0.1, 0.15) is 79.7 Å². The van der Waals surface area contributed by atoms with Crippen LogP contribution in [-0.4, -0.2) is 22.8 Å². The average Bonchev–Trinajstić information content (AvgIpc) is 2.87. The molecule has 0 aromatic heterocycles. The first-order valence-corrected chi connectivity index (χ1v) is 13.3. The molecule has 0 atom stereocenters. The Kier molecular flexibility index (Phi) is 12.8. The van der Waals surface area contributed by atoms with E-state index in [1.54, 1.807) is 41.5 Å². The quantitative estimate of drug-likeness (QED) is 0.116. The zero-order valence-corrected chi connectivity index (χ0v) is 22.6. The summed E-state index contributed by atoms with van der Waals surface area (Å²) in [7, 11) is 0. The molecule has 5 nitrogen and oxygen atoms in total. The Morgan fingerprint density at radius 1 is 0.833 bits per heavy atom. The highest BCUT2D eigenvalue weighted by Gasteiger charge is 2.11. The third kappa shape index (κ3) is 10.7. The van der Waals surface area contributed by atoms with Gasteiger partial charge in [-0.1, -0.05) is 59.2 Å². The van der Waals surface area contributed by atoms with Crippen LogP contribution < -0.4 is 10.8 Å². The van der Waals surface area contributed by atoms with Gasteiger partial charge in [-0.15, -0.1) is 11.8 Å². The topological polar surface area (TPSA) is 78.4 Å². The largest absolute Gasteiger partial charge is 0.348 e. The minimum Gasteiger partial charge on any atom is -0.348 e. The van der Waals surface area contributed by atoms with Crippen molar-refractivity contribution in [1.82, 2.24) is 10.8 Å². The van der Waals surface area contributed by atoms with Crippen molar-refractivity contribution < 1.29 is 14.8 Å². The fourth-order valence-corrected chi connectivity index (χ4v) is 4.55. The summed E-state index contributed by atoms with van der Waals surface area (Å²) in [6.45, 7) is 9.00. The molecule has 0 unspecified atom stereocenters. The fourth-order valence-electron chi connectivity index (χ4n) is 3.51. The number of amides is 2. The maximum Gasteiger partial charge on any atom is 0.274 e. The Labute approximate surface area is 219 Å². The van der Waals surface area contributed by atoms with Crippen LogP contribution in [0.5, 0.6) is 0 Å². The minimum atomic E-state index is -0.567. The first kappa shape index (κ1) is 29.1. The second kappa shape index (κ2) is 15.8. The molecule has 0 radical (unpaired) electrons. The number of hydrogen-bond donors (Lipinski definition) is 3. The lowest BCUT2D eigenvalue weighted by atomic mass is 10.1. The van der Waals surface area contributed by atoms with Crippen molar-refractivity contribution in [2.75, 3.05) is 5.75 Å². The third-order valence-corrected chi connectivity index (χ3v) is 6.70. The lowest BCUT2D eigenvalue weighted by Gasteiger charge is -2.10. The molecule has 0 saturated carbocycles. The highest BCUT2D eigenvalue weighted by Crippen LogP contribution is 2.24. The van der Waals surface area contributed by atoms with E-state index in [1.807, 2.05) is 24.3 Å². The van der Waals surface area contributed by atoms with E-state index in [-0.39, 0.29) is 5.91 Å². The van der Waals surface area contributed by atoms with E-state index in [1.165, 1.54) is 16.7 Å². The molecule has 6 heteroatoms. The summed E-state index contributed by atoms with van der Waals surface area (Å²) < 4.78 is 0. The van der Waals surface area contributed by atoms with Crippen molar-refractivity contribution in [2.45, 2.75) is 64.8 Å². The van der Waals surface area contributed by atoms with Crippen LogP contribution in [0, 0.1) is 0 Å². The molecule has 0 bridgehead atoms. The molecule has 2 amide bonds. The van der Waals surface area contributed by atoms with Crippen LogP contribution in [0.25, 0.3) is 0 Å². The molecule has 0 aliphatic heterocycles. The standard InChI is InChI=1S/C30H38N2O3S/c1-22(2)9-7-10-23(3)11-8-12-24(4)19-20-36-28-14-6-5-13-27(28)30(34)31-21-25-15-17-26(18-16-25)29(33)32-35/h5-6,9,11,13-19,35H,7-8,10,12,20-21H2,1-4H3,(H,31,34)(H,32,33). The zero-order chi connectivity index (χ0) is 26.3. The lowest BCUT2D eigenvalue weighted by molar-refractivity contribution is 0.0706. The number of thioether (sulfide) groups is 1. The van der Waals surface area contributed by atoms with Gasteiger partial charge in [-0.2, -0.15) is 0 Å². The molecule has 2 aromatic carbocycles. The monoisotopic (exact) mass is 506 g/mol. The van der Waals surface area contributed by atoms with Gasteiger partial charge < -0.3 is 5.32 Å². The van der Waals surface area contributed by atoms with Gasteiger partial charge in [-0.05, 0) is 83.2 Å². The molecule has 0 aliphatic carbocycles. The third-order valence-electron chi connectivity index (χ3n) is 5.70. The Morgan fingerprint density at radius 2 is 1.47 bits per heavy atom. The molecule has 2 aromatic rings. The van der Waals surface area contributed by atoms with Gasteiger partial charge in [0.1, 0.15) is 0 Å². The summed E-state index contributed by atoms with van der Waals surface area (Å²) >= 11 is 1.66. The summed E-state index contributed by atoms with van der Waals surface area (Å²) in [5.41, 5.74) is 7.65. The van der Waals surface area contributed by atoms with Crippen molar-refractivity contribution in [2.24, 2.45) is 0 Å². The van der Waals surface area contributed by atoms with Crippen LogP contribution in [-0.2, 0) is 6.54 Å². The maximum atomic E-state index is 12.8. The molecule has 0 aliphatic rings. The van der Waals surface area contributed by atoms with Crippen LogP contribution in [0.4, 0.5) is 0 Å². The Hall–Kier alpha value is -3.09. The first-order chi connectivity index (χ1) is 17.3. The van der Waals surface area contributed by atoms with E-state index in [9.17, 15) is 9.59 Å². The molecule has 0 spiro atoms. The van der Waals surface area contributed by atoms with Gasteiger partial charge in [-0.3, -0.25) is 14.8 Å². The van der Waals surface area contributed by atoms with Crippen LogP contribution >= 0.6 is 11.8 Å². The zero-order valence-electron chi connectivity index (χ0n) is 21.8. The molecule has 2 rings (SSSR count). The molecule has 0 heterocycles. The first-order valence-electron chi connectivity index (χ1n) is 12.3. The Morgan fingerprint density at radius 3 is 2.14 bits per heavy atom. The predicted octanol–water partition coefficient (Wildman–Crippen LogP) is 7.25. The van der Waals surface area contributed by atoms with Crippen molar-refractivity contribution in [3.63, 3.8) is 0 Å². The van der Waals surface area contributed by atoms with Crippen molar-refractivity contribution in [1.29, 1.82) is 0 Å². The second-order valence-electron chi connectivity index (χ2n) is 9.09. The maximum absolute atomic E-state index is 12.8.